The third-order valence-corrected chi connectivity index (χ3v) is 1.94. The number of amides is 1. The zero-order valence-electron chi connectivity index (χ0n) is 6.90. The molecule has 1 heterocycles. The van der Waals surface area contributed by atoms with E-state index < -0.39 is 0 Å². The fourth-order valence-corrected chi connectivity index (χ4v) is 1.31. The molecule has 0 aromatic rings. The van der Waals surface area contributed by atoms with Crippen LogP contribution in [-0.4, -0.2) is 41.7 Å². The summed E-state index contributed by atoms with van der Waals surface area (Å²) >= 11 is 0. The normalized spacial score (nSPS) is 23.7. The van der Waals surface area contributed by atoms with Gasteiger partial charge in [0.1, 0.15) is 0 Å². The summed E-state index contributed by atoms with van der Waals surface area (Å²) in [6, 6.07) is -0.338. The van der Waals surface area contributed by atoms with E-state index in [0.717, 1.165) is 19.4 Å². The van der Waals surface area contributed by atoms with E-state index in [0.29, 0.717) is 6.54 Å². The number of aliphatic hydroxyl groups excluding tert-OH is 1. The number of piperidine rings is 1. The molecule has 72 valence electrons. The molecule has 4 nitrogen and oxygen atoms in total. The quantitative estimate of drug-likeness (QED) is 0.614. The van der Waals surface area contributed by atoms with E-state index in [4.69, 9.17) is 10.8 Å². The van der Waals surface area contributed by atoms with Gasteiger partial charge in [0.05, 0.1) is 12.6 Å². The Labute approximate surface area is 78.1 Å². The topological polar surface area (TPSA) is 66.6 Å². The minimum Gasteiger partial charge on any atom is -0.395 e. The van der Waals surface area contributed by atoms with Crippen molar-refractivity contribution >= 4 is 18.3 Å². The Morgan fingerprint density at radius 3 is 2.92 bits per heavy atom. The summed E-state index contributed by atoms with van der Waals surface area (Å²) in [5, 5.41) is 8.59. The number of hydrogen-bond donors (Lipinski definition) is 2. The molecule has 1 atom stereocenters. The van der Waals surface area contributed by atoms with Gasteiger partial charge in [-0.2, -0.15) is 0 Å². The van der Waals surface area contributed by atoms with Gasteiger partial charge in [0, 0.05) is 13.1 Å². The summed E-state index contributed by atoms with van der Waals surface area (Å²) in [4.78, 5) is 12.8. The predicted octanol–water partition coefficient (Wildman–Crippen LogP) is -0.650. The maximum absolute atomic E-state index is 11.2. The molecular weight excluding hydrogens is 180 g/mol. The van der Waals surface area contributed by atoms with E-state index in [9.17, 15) is 4.79 Å². The van der Waals surface area contributed by atoms with Crippen LogP contribution in [-0.2, 0) is 4.79 Å². The van der Waals surface area contributed by atoms with Crippen molar-refractivity contribution in [2.45, 2.75) is 18.9 Å². The highest BCUT2D eigenvalue weighted by atomic mass is 35.5. The Hall–Kier alpha value is -0.320. The first kappa shape index (κ1) is 11.7. The average molecular weight is 195 g/mol. The van der Waals surface area contributed by atoms with Crippen molar-refractivity contribution in [3.05, 3.63) is 0 Å². The molecule has 0 aromatic heterocycles. The van der Waals surface area contributed by atoms with Crippen LogP contribution in [0.4, 0.5) is 0 Å². The monoisotopic (exact) mass is 194 g/mol. The Morgan fingerprint density at radius 1 is 1.67 bits per heavy atom. The summed E-state index contributed by atoms with van der Waals surface area (Å²) in [7, 11) is 0. The molecule has 5 heteroatoms. The van der Waals surface area contributed by atoms with Gasteiger partial charge in [-0.1, -0.05) is 0 Å². The average Bonchev–Trinajstić information content (AvgIpc) is 1.99. The Bertz CT molecular complexity index is 152. The van der Waals surface area contributed by atoms with Crippen molar-refractivity contribution < 1.29 is 9.90 Å². The lowest BCUT2D eigenvalue weighted by Crippen LogP contribution is -2.49. The fourth-order valence-electron chi connectivity index (χ4n) is 1.31. The van der Waals surface area contributed by atoms with E-state index in [2.05, 4.69) is 0 Å². The number of nitrogens with two attached hydrogens (primary N) is 1. The maximum atomic E-state index is 11.2. The standard InChI is InChI=1S/C7H14N2O2.ClH/c8-6-2-1-3-9(4-5-10)7(6)11;/h6,10H,1-5,8H2;1H/t6-;/m0./s1. The third-order valence-electron chi connectivity index (χ3n) is 1.94. The molecule has 0 aliphatic carbocycles. The van der Waals surface area contributed by atoms with Gasteiger partial charge in [0.25, 0.3) is 0 Å². The summed E-state index contributed by atoms with van der Waals surface area (Å²) in [6.45, 7) is 1.19. The molecule has 1 fully saturated rings. The highest BCUT2D eigenvalue weighted by Crippen LogP contribution is 2.08. The van der Waals surface area contributed by atoms with Gasteiger partial charge in [0.2, 0.25) is 5.91 Å². The smallest absolute Gasteiger partial charge is 0.239 e. The van der Waals surface area contributed by atoms with Gasteiger partial charge in [-0.25, -0.2) is 0 Å². The molecule has 0 bridgehead atoms. The van der Waals surface area contributed by atoms with Crippen molar-refractivity contribution in [1.29, 1.82) is 0 Å². The summed E-state index contributed by atoms with van der Waals surface area (Å²) in [5.41, 5.74) is 5.53. The highest BCUT2D eigenvalue weighted by molar-refractivity contribution is 5.85. The number of aliphatic hydroxyl groups is 1. The Morgan fingerprint density at radius 2 is 2.33 bits per heavy atom. The van der Waals surface area contributed by atoms with Crippen molar-refractivity contribution in [3.63, 3.8) is 0 Å². The largest absolute Gasteiger partial charge is 0.395 e. The second kappa shape index (κ2) is 5.35. The Balaban J connectivity index is 0.00000121. The van der Waals surface area contributed by atoms with E-state index in [1.165, 1.54) is 0 Å². The van der Waals surface area contributed by atoms with Crippen LogP contribution < -0.4 is 5.73 Å². The van der Waals surface area contributed by atoms with E-state index >= 15 is 0 Å². The van der Waals surface area contributed by atoms with Crippen molar-refractivity contribution in [2.24, 2.45) is 5.73 Å². The minimum absolute atomic E-state index is 0. The van der Waals surface area contributed by atoms with Gasteiger partial charge >= 0.3 is 0 Å². The molecule has 0 saturated carbocycles. The van der Waals surface area contributed by atoms with Crippen molar-refractivity contribution in [3.8, 4) is 0 Å². The number of likely N-dealkylation sites (tertiary alicyclic amines) is 1. The van der Waals surface area contributed by atoms with E-state index in [1.807, 2.05) is 0 Å². The number of halogens is 1. The lowest BCUT2D eigenvalue weighted by molar-refractivity contribution is -0.135. The van der Waals surface area contributed by atoms with Crippen LogP contribution in [0.3, 0.4) is 0 Å². The second-order valence-corrected chi connectivity index (χ2v) is 2.80. The van der Waals surface area contributed by atoms with Crippen LogP contribution in [0, 0.1) is 0 Å². The predicted molar refractivity (Wildman–Crippen MR) is 48.1 cm³/mol. The number of carbonyl (C=O) groups excluding carboxylic acids is 1. The fraction of sp³-hybridized carbons (Fsp3) is 0.857. The lowest BCUT2D eigenvalue weighted by Gasteiger charge is -2.29. The number of carbonyl (C=O) groups is 1. The molecule has 1 aliphatic rings. The molecule has 1 amide bonds. The summed E-state index contributed by atoms with van der Waals surface area (Å²) in [6.07, 6.45) is 1.73. The third kappa shape index (κ3) is 2.62. The minimum atomic E-state index is -0.338. The van der Waals surface area contributed by atoms with Crippen LogP contribution in [0.2, 0.25) is 0 Å². The molecule has 0 unspecified atom stereocenters. The van der Waals surface area contributed by atoms with Crippen LogP contribution >= 0.6 is 12.4 Å². The maximum Gasteiger partial charge on any atom is 0.239 e. The molecule has 0 aromatic carbocycles. The van der Waals surface area contributed by atoms with Crippen LogP contribution in [0.1, 0.15) is 12.8 Å². The number of hydrogen-bond acceptors (Lipinski definition) is 3. The number of rotatable bonds is 2. The first-order valence-electron chi connectivity index (χ1n) is 3.91. The van der Waals surface area contributed by atoms with Gasteiger partial charge in [0.15, 0.2) is 0 Å². The molecule has 1 aliphatic heterocycles. The molecule has 0 radical (unpaired) electrons. The van der Waals surface area contributed by atoms with E-state index in [-0.39, 0.29) is 31.0 Å². The SMILES string of the molecule is Cl.N[C@H]1CCCN(CCO)C1=O. The summed E-state index contributed by atoms with van der Waals surface area (Å²) < 4.78 is 0. The van der Waals surface area contributed by atoms with E-state index in [1.54, 1.807) is 4.90 Å². The molecule has 3 N–H and O–H groups in total. The molecular formula is C7H15ClN2O2. The zero-order chi connectivity index (χ0) is 8.27. The van der Waals surface area contributed by atoms with Crippen molar-refractivity contribution in [1.82, 2.24) is 4.90 Å². The van der Waals surface area contributed by atoms with Crippen LogP contribution in [0.15, 0.2) is 0 Å². The number of β-amino-alcohol motifs (C(OH)–C–C–N with tert-alkyl or cyclic N) is 1. The second-order valence-electron chi connectivity index (χ2n) is 2.80. The lowest BCUT2D eigenvalue weighted by atomic mass is 10.1. The molecule has 12 heavy (non-hydrogen) atoms. The van der Waals surface area contributed by atoms with Crippen LogP contribution in [0.25, 0.3) is 0 Å². The first-order valence-corrected chi connectivity index (χ1v) is 3.91. The van der Waals surface area contributed by atoms with Gasteiger partial charge in [-0.05, 0) is 12.8 Å². The van der Waals surface area contributed by atoms with Gasteiger partial charge in [-0.15, -0.1) is 12.4 Å². The Kier molecular flexibility index (Phi) is 5.20. The molecule has 0 spiro atoms. The number of nitrogens with zero attached hydrogens (tertiary/aromatic N) is 1. The summed E-state index contributed by atoms with van der Waals surface area (Å²) in [5.74, 6) is -0.0229. The molecule has 1 rings (SSSR count). The van der Waals surface area contributed by atoms with Gasteiger partial charge < -0.3 is 15.7 Å². The highest BCUT2D eigenvalue weighted by Gasteiger charge is 2.24. The van der Waals surface area contributed by atoms with Crippen molar-refractivity contribution in [2.75, 3.05) is 19.7 Å². The van der Waals surface area contributed by atoms with Crippen LogP contribution in [0.5, 0.6) is 0 Å². The van der Waals surface area contributed by atoms with Gasteiger partial charge in [-0.3, -0.25) is 4.79 Å². The molecule has 1 saturated heterocycles. The zero-order valence-corrected chi connectivity index (χ0v) is 7.72. The first-order chi connectivity index (χ1) is 5.25.